The van der Waals surface area contributed by atoms with Gasteiger partial charge in [-0.25, -0.2) is 14.3 Å². The third-order valence-electron chi connectivity index (χ3n) is 8.12. The van der Waals surface area contributed by atoms with Gasteiger partial charge in [-0.3, -0.25) is 9.79 Å². The molecule has 1 aliphatic carbocycles. The van der Waals surface area contributed by atoms with Crippen molar-refractivity contribution < 1.29 is 0 Å². The minimum absolute atomic E-state index is 0.114. The summed E-state index contributed by atoms with van der Waals surface area (Å²) in [7, 11) is 2.16. The molecule has 2 unspecified atom stereocenters. The summed E-state index contributed by atoms with van der Waals surface area (Å²) in [5.74, 6) is 0.951. The van der Waals surface area contributed by atoms with Crippen molar-refractivity contribution in [3.63, 3.8) is 0 Å². The summed E-state index contributed by atoms with van der Waals surface area (Å²) in [6.07, 6.45) is 9.55. The lowest BCUT2D eigenvalue weighted by molar-refractivity contribution is 0.313. The highest BCUT2D eigenvalue weighted by Crippen LogP contribution is 2.37. The smallest absolute Gasteiger partial charge is 0.278 e. The first-order valence-electron chi connectivity index (χ1n) is 13.7. The molecule has 0 bridgehead atoms. The van der Waals surface area contributed by atoms with Crippen LogP contribution in [0.15, 0.2) is 64.6 Å². The van der Waals surface area contributed by atoms with E-state index in [-0.39, 0.29) is 11.7 Å². The predicted octanol–water partition coefficient (Wildman–Crippen LogP) is 4.36. The average Bonchev–Trinajstić information content (AvgIpc) is 3.47. The lowest BCUT2D eigenvalue weighted by Crippen LogP contribution is -2.44. The monoisotopic (exact) mass is 512 g/mol. The standard InChI is InChI=1S/C29H36N8O/c1-4-14-36-28(38)24-19-30-29(31-22-9-11-23(12-10-22)35-17-15-34(3)16-18-35)33-27(24)37(36)25-13-8-21-7-6-20(5-2)26(21)32-25/h4,8-12,19-20,25H,1,5-7,13-18H2,2-3H3,(H,30,31,33). The molecule has 3 aromatic rings. The Morgan fingerprint density at radius 3 is 2.68 bits per heavy atom. The molecule has 0 spiro atoms. The molecule has 3 aliphatic rings. The molecule has 2 aromatic heterocycles. The first-order chi connectivity index (χ1) is 18.6. The normalized spacial score (nSPS) is 21.8. The molecule has 0 radical (unpaired) electrons. The van der Waals surface area contributed by atoms with Gasteiger partial charge in [0.05, 0.1) is 6.54 Å². The molecule has 1 aromatic carbocycles. The number of dihydropyridines is 1. The van der Waals surface area contributed by atoms with Crippen molar-refractivity contribution in [2.75, 3.05) is 43.4 Å². The molecular formula is C29H36N8O. The van der Waals surface area contributed by atoms with E-state index in [1.54, 1.807) is 17.0 Å². The van der Waals surface area contributed by atoms with Crippen molar-refractivity contribution in [1.82, 2.24) is 24.2 Å². The number of fused-ring (bicyclic) bond motifs is 2. The Bertz CT molecular complexity index is 1460. The van der Waals surface area contributed by atoms with Gasteiger partial charge in [-0.15, -0.1) is 6.58 Å². The Labute approximate surface area is 223 Å². The van der Waals surface area contributed by atoms with Crippen molar-refractivity contribution >= 4 is 34.1 Å². The summed E-state index contributed by atoms with van der Waals surface area (Å²) in [6.45, 7) is 10.7. The van der Waals surface area contributed by atoms with E-state index < -0.39 is 0 Å². The van der Waals surface area contributed by atoms with Gasteiger partial charge in [0, 0.05) is 61.8 Å². The number of likely N-dealkylation sites (N-methyl/N-ethyl adjacent to an activating group) is 1. The van der Waals surface area contributed by atoms with E-state index >= 15 is 0 Å². The zero-order chi connectivity index (χ0) is 26.2. The maximum Gasteiger partial charge on any atom is 0.278 e. The second-order valence-electron chi connectivity index (χ2n) is 10.5. The van der Waals surface area contributed by atoms with Gasteiger partial charge in [0.15, 0.2) is 5.65 Å². The Balaban J connectivity index is 1.31. The topological polar surface area (TPSA) is 83.6 Å². The predicted molar refractivity (Wildman–Crippen MR) is 154 cm³/mol. The van der Waals surface area contributed by atoms with Gasteiger partial charge in [-0.2, -0.15) is 4.98 Å². The van der Waals surface area contributed by atoms with Crippen LogP contribution in [-0.4, -0.2) is 63.2 Å². The van der Waals surface area contributed by atoms with E-state index in [2.05, 4.69) is 71.0 Å². The van der Waals surface area contributed by atoms with Crippen LogP contribution in [-0.2, 0) is 6.54 Å². The second-order valence-corrected chi connectivity index (χ2v) is 10.5. The van der Waals surface area contributed by atoms with Gasteiger partial charge in [0.25, 0.3) is 5.56 Å². The fraction of sp³-hybridized carbons (Fsp3) is 0.448. The van der Waals surface area contributed by atoms with Crippen LogP contribution in [0.1, 0.15) is 38.8 Å². The number of nitrogens with zero attached hydrogens (tertiary/aromatic N) is 7. The zero-order valence-electron chi connectivity index (χ0n) is 22.3. The summed E-state index contributed by atoms with van der Waals surface area (Å²) in [5, 5.41) is 3.83. The number of benzene rings is 1. The Hall–Kier alpha value is -3.72. The van der Waals surface area contributed by atoms with Crippen LogP contribution < -0.4 is 15.8 Å². The number of allylic oxidation sites excluding steroid dienone is 2. The summed E-state index contributed by atoms with van der Waals surface area (Å²) >= 11 is 0. The van der Waals surface area contributed by atoms with Crippen LogP contribution in [0.3, 0.4) is 0 Å². The highest BCUT2D eigenvalue weighted by Gasteiger charge is 2.31. The molecule has 0 amide bonds. The first-order valence-corrected chi connectivity index (χ1v) is 13.7. The zero-order valence-corrected chi connectivity index (χ0v) is 22.3. The van der Waals surface area contributed by atoms with Crippen LogP contribution in [0.5, 0.6) is 0 Å². The third kappa shape index (κ3) is 4.45. The Kier molecular flexibility index (Phi) is 6.61. The van der Waals surface area contributed by atoms with Gasteiger partial charge in [-0.05, 0) is 56.1 Å². The molecule has 38 heavy (non-hydrogen) atoms. The van der Waals surface area contributed by atoms with E-state index in [4.69, 9.17) is 9.98 Å². The summed E-state index contributed by atoms with van der Waals surface area (Å²) in [4.78, 5) is 32.6. The second kappa shape index (κ2) is 10.2. The van der Waals surface area contributed by atoms with Crippen LogP contribution in [0.4, 0.5) is 17.3 Å². The minimum atomic E-state index is -0.211. The number of rotatable bonds is 7. The SMILES string of the molecule is C=CCn1c(=O)c2cnc(Nc3ccc(N4CCN(C)CC4)cc3)nc2n1C1CC=C2CCC(CC)C2=N1. The highest BCUT2D eigenvalue weighted by atomic mass is 16.1. The Morgan fingerprint density at radius 2 is 1.95 bits per heavy atom. The molecule has 2 atom stereocenters. The van der Waals surface area contributed by atoms with Crippen LogP contribution in [0.25, 0.3) is 11.0 Å². The van der Waals surface area contributed by atoms with Gasteiger partial charge >= 0.3 is 0 Å². The summed E-state index contributed by atoms with van der Waals surface area (Å²) < 4.78 is 3.65. The van der Waals surface area contributed by atoms with Gasteiger partial charge < -0.3 is 15.1 Å². The van der Waals surface area contributed by atoms with Crippen LogP contribution in [0.2, 0.25) is 0 Å². The van der Waals surface area contributed by atoms with Crippen molar-refractivity contribution in [2.45, 2.75) is 45.3 Å². The number of aliphatic imine (C=N–C) groups is 1. The Morgan fingerprint density at radius 1 is 1.16 bits per heavy atom. The van der Waals surface area contributed by atoms with E-state index in [0.717, 1.165) is 57.5 Å². The molecule has 198 valence electrons. The van der Waals surface area contributed by atoms with Gasteiger partial charge in [0.2, 0.25) is 5.95 Å². The van der Waals surface area contributed by atoms with Crippen molar-refractivity contribution in [2.24, 2.45) is 10.9 Å². The molecule has 9 nitrogen and oxygen atoms in total. The fourth-order valence-corrected chi connectivity index (χ4v) is 5.92. The molecule has 6 rings (SSSR count). The van der Waals surface area contributed by atoms with Gasteiger partial charge in [-0.1, -0.05) is 19.1 Å². The molecule has 2 aliphatic heterocycles. The largest absolute Gasteiger partial charge is 0.369 e. The fourth-order valence-electron chi connectivity index (χ4n) is 5.92. The maximum atomic E-state index is 13.3. The van der Waals surface area contributed by atoms with Gasteiger partial charge in [0.1, 0.15) is 11.6 Å². The first kappa shape index (κ1) is 24.6. The lowest BCUT2D eigenvalue weighted by Gasteiger charge is -2.34. The number of hydrogen-bond donors (Lipinski definition) is 1. The average molecular weight is 513 g/mol. The van der Waals surface area contributed by atoms with E-state index in [1.807, 2.05) is 4.68 Å². The molecule has 1 N–H and O–H groups in total. The quantitative estimate of drug-likeness (QED) is 0.474. The number of anilines is 3. The summed E-state index contributed by atoms with van der Waals surface area (Å²) in [5.41, 5.74) is 5.19. The van der Waals surface area contributed by atoms with Crippen molar-refractivity contribution in [3.05, 3.63) is 65.1 Å². The minimum Gasteiger partial charge on any atom is -0.369 e. The van der Waals surface area contributed by atoms with Crippen LogP contribution in [0, 0.1) is 5.92 Å². The number of hydrogen-bond acceptors (Lipinski definition) is 7. The molecular weight excluding hydrogens is 476 g/mol. The maximum absolute atomic E-state index is 13.3. The van der Waals surface area contributed by atoms with Crippen LogP contribution >= 0.6 is 0 Å². The molecule has 9 heteroatoms. The van der Waals surface area contributed by atoms with Crippen molar-refractivity contribution in [3.8, 4) is 0 Å². The number of aromatic nitrogens is 4. The van der Waals surface area contributed by atoms with E-state index in [1.165, 1.54) is 17.0 Å². The number of nitrogens with one attached hydrogen (secondary N) is 1. The molecule has 1 saturated carbocycles. The molecule has 2 fully saturated rings. The van der Waals surface area contributed by atoms with Crippen molar-refractivity contribution in [1.29, 1.82) is 0 Å². The van der Waals surface area contributed by atoms with E-state index in [0.29, 0.717) is 29.4 Å². The van der Waals surface area contributed by atoms with E-state index in [9.17, 15) is 4.79 Å². The number of piperazine rings is 1. The summed E-state index contributed by atoms with van der Waals surface area (Å²) in [6, 6.07) is 8.39. The third-order valence-corrected chi connectivity index (χ3v) is 8.12. The molecule has 4 heterocycles. The lowest BCUT2D eigenvalue weighted by atomic mass is 10.00. The molecule has 1 saturated heterocycles. The highest BCUT2D eigenvalue weighted by molar-refractivity contribution is 6.04.